The van der Waals surface area contributed by atoms with Crippen LogP contribution in [0.3, 0.4) is 0 Å². The summed E-state index contributed by atoms with van der Waals surface area (Å²) in [6.45, 7) is 3.57. The summed E-state index contributed by atoms with van der Waals surface area (Å²) in [5.74, 6) is -2.91. The molecule has 5 heterocycles. The van der Waals surface area contributed by atoms with Crippen LogP contribution >= 0.6 is 0 Å². The maximum Gasteiger partial charge on any atom is 0.332 e. The van der Waals surface area contributed by atoms with Crippen LogP contribution in [-0.4, -0.2) is 39.7 Å². The molecule has 0 aliphatic rings. The molecular weight excluding hydrogens is 526 g/mol. The number of rotatable bonds is 7. The van der Waals surface area contributed by atoms with E-state index in [4.69, 9.17) is 4.52 Å². The Balaban J connectivity index is 1.41. The minimum Gasteiger partial charge on any atom is -0.361 e. The van der Waals surface area contributed by atoms with Gasteiger partial charge in [0.05, 0.1) is 18.6 Å². The van der Waals surface area contributed by atoms with Gasteiger partial charge < -0.3 is 14.4 Å². The van der Waals surface area contributed by atoms with Crippen LogP contribution in [0.25, 0.3) is 22.4 Å². The number of nitrogens with one attached hydrogen (secondary N) is 1. The van der Waals surface area contributed by atoms with Crippen LogP contribution in [0.15, 0.2) is 57.0 Å². The number of nitrogens with zero attached hydrogens (tertiary/aromatic N) is 7. The molecule has 0 spiro atoms. The number of carbonyl (C=O) groups excluding carboxylic acids is 1. The second-order valence-corrected chi connectivity index (χ2v) is 9.41. The second kappa shape index (κ2) is 9.94. The molecule has 5 rings (SSSR count). The van der Waals surface area contributed by atoms with Gasteiger partial charge in [-0.25, -0.2) is 23.5 Å². The molecule has 5 aromatic rings. The highest BCUT2D eigenvalue weighted by Gasteiger charge is 2.27. The fraction of sp³-hybridized carbons (Fsp3) is 0.269. The Bertz CT molecular complexity index is 1880. The molecule has 0 aliphatic heterocycles. The van der Waals surface area contributed by atoms with Crippen molar-refractivity contribution >= 4 is 22.9 Å². The quantitative estimate of drug-likeness (QED) is 0.326. The molecule has 0 unspecified atom stereocenters. The SMILES string of the molecule is Cc1cc(Cn2c(=O)c3c(ncn3CC(=O)Nc3cccc(-c4cnc(C)c(C(C)(F)F)c4)n3)n(C)c2=O)no1. The summed E-state index contributed by atoms with van der Waals surface area (Å²) in [6.07, 6.45) is 2.73. The van der Waals surface area contributed by atoms with Crippen LogP contribution in [0.4, 0.5) is 14.6 Å². The molecule has 1 amide bonds. The summed E-state index contributed by atoms with van der Waals surface area (Å²) >= 11 is 0. The zero-order valence-corrected chi connectivity index (χ0v) is 22.0. The Kier molecular flexibility index (Phi) is 6.61. The van der Waals surface area contributed by atoms with E-state index < -0.39 is 23.1 Å². The van der Waals surface area contributed by atoms with E-state index in [-0.39, 0.29) is 41.3 Å². The number of imidazole rings is 1. The topological polar surface area (TPSA) is 143 Å². The monoisotopic (exact) mass is 550 g/mol. The summed E-state index contributed by atoms with van der Waals surface area (Å²) in [5.41, 5.74) is 0.0247. The standard InChI is InChI=1S/C26H24F2N8O4/c1-14-8-17(33-40-14)11-36-24(38)22-23(34(4)25(36)39)30-13-35(22)12-21(37)32-20-7-5-6-19(31-20)16-9-18(26(3,27)28)15(2)29-10-16/h5-10,13H,11-12H2,1-4H3,(H,31,32,37). The smallest absolute Gasteiger partial charge is 0.332 e. The Hall–Kier alpha value is -5.01. The van der Waals surface area contributed by atoms with Crippen LogP contribution in [0.2, 0.25) is 0 Å². The summed E-state index contributed by atoms with van der Waals surface area (Å²) in [7, 11) is 1.47. The summed E-state index contributed by atoms with van der Waals surface area (Å²) in [4.78, 5) is 51.6. The second-order valence-electron chi connectivity index (χ2n) is 9.41. The van der Waals surface area contributed by atoms with Crippen LogP contribution in [0.1, 0.15) is 29.6 Å². The van der Waals surface area contributed by atoms with Crippen LogP contribution in [0.5, 0.6) is 0 Å². The highest BCUT2D eigenvalue weighted by atomic mass is 19.3. The van der Waals surface area contributed by atoms with E-state index in [0.29, 0.717) is 22.7 Å². The number of halogens is 2. The molecule has 0 fully saturated rings. The average molecular weight is 551 g/mol. The van der Waals surface area contributed by atoms with Crippen molar-refractivity contribution in [2.45, 2.75) is 39.8 Å². The normalized spacial score (nSPS) is 11.8. The number of carbonyl (C=O) groups is 1. The van der Waals surface area contributed by atoms with Gasteiger partial charge in [0, 0.05) is 43.1 Å². The summed E-state index contributed by atoms with van der Waals surface area (Å²) < 4.78 is 36.5. The molecular formula is C26H24F2N8O4. The summed E-state index contributed by atoms with van der Waals surface area (Å²) in [6, 6.07) is 7.71. The number of aromatic nitrogens is 7. The fourth-order valence-corrected chi connectivity index (χ4v) is 4.36. The minimum atomic E-state index is -3.08. The molecule has 0 aliphatic carbocycles. The van der Waals surface area contributed by atoms with Gasteiger partial charge in [-0.05, 0) is 32.0 Å². The number of fused-ring (bicyclic) bond motifs is 1. The predicted molar refractivity (Wildman–Crippen MR) is 140 cm³/mol. The van der Waals surface area contributed by atoms with E-state index in [9.17, 15) is 23.2 Å². The number of anilines is 1. The molecule has 0 bridgehead atoms. The van der Waals surface area contributed by atoms with Gasteiger partial charge in [0.1, 0.15) is 23.8 Å². The van der Waals surface area contributed by atoms with Crippen LogP contribution in [-0.2, 0) is 30.9 Å². The molecule has 0 saturated heterocycles. The van der Waals surface area contributed by atoms with Gasteiger partial charge in [-0.15, -0.1) is 0 Å². The molecule has 0 atom stereocenters. The lowest BCUT2D eigenvalue weighted by Crippen LogP contribution is -2.40. The van der Waals surface area contributed by atoms with Crippen molar-refractivity contribution in [3.8, 4) is 11.3 Å². The largest absolute Gasteiger partial charge is 0.361 e. The van der Waals surface area contributed by atoms with Crippen molar-refractivity contribution in [3.05, 3.63) is 86.4 Å². The Morgan fingerprint density at radius 3 is 2.62 bits per heavy atom. The maximum absolute atomic E-state index is 14.0. The third-order valence-electron chi connectivity index (χ3n) is 6.28. The van der Waals surface area contributed by atoms with Gasteiger partial charge in [0.15, 0.2) is 11.2 Å². The molecule has 0 radical (unpaired) electrons. The maximum atomic E-state index is 14.0. The zero-order chi connectivity index (χ0) is 28.8. The van der Waals surface area contributed by atoms with Gasteiger partial charge in [0.2, 0.25) is 5.91 Å². The van der Waals surface area contributed by atoms with Crippen molar-refractivity contribution in [1.82, 2.24) is 33.8 Å². The molecule has 5 aromatic heterocycles. The Labute approximate surface area is 224 Å². The Morgan fingerprint density at radius 2 is 1.93 bits per heavy atom. The van der Waals surface area contributed by atoms with Gasteiger partial charge >= 0.3 is 5.69 Å². The first kappa shape index (κ1) is 26.6. The van der Waals surface area contributed by atoms with Gasteiger partial charge in [-0.2, -0.15) is 0 Å². The number of hydrogen-bond acceptors (Lipinski definition) is 8. The van der Waals surface area contributed by atoms with Crippen molar-refractivity contribution in [2.24, 2.45) is 7.05 Å². The molecule has 0 aromatic carbocycles. The average Bonchev–Trinajstić information content (AvgIpc) is 3.51. The van der Waals surface area contributed by atoms with Crippen LogP contribution < -0.4 is 16.6 Å². The molecule has 1 N–H and O–H groups in total. The van der Waals surface area contributed by atoms with E-state index >= 15 is 0 Å². The summed E-state index contributed by atoms with van der Waals surface area (Å²) in [5, 5.41) is 6.49. The predicted octanol–water partition coefficient (Wildman–Crippen LogP) is 2.76. The number of aryl methyl sites for hydroxylation is 3. The van der Waals surface area contributed by atoms with E-state index in [1.165, 1.54) is 41.7 Å². The first-order valence-corrected chi connectivity index (χ1v) is 12.1. The van der Waals surface area contributed by atoms with Gasteiger partial charge in [-0.1, -0.05) is 11.2 Å². The molecule has 40 heavy (non-hydrogen) atoms. The van der Waals surface area contributed by atoms with Crippen molar-refractivity contribution in [2.75, 3.05) is 5.32 Å². The molecule has 0 saturated carbocycles. The Morgan fingerprint density at radius 1 is 1.15 bits per heavy atom. The number of alkyl halides is 2. The van der Waals surface area contributed by atoms with Gasteiger partial charge in [-0.3, -0.25) is 23.7 Å². The van der Waals surface area contributed by atoms with Crippen LogP contribution in [0, 0.1) is 13.8 Å². The lowest BCUT2D eigenvalue weighted by atomic mass is 10.0. The highest BCUT2D eigenvalue weighted by Crippen LogP contribution is 2.31. The van der Waals surface area contributed by atoms with Crippen molar-refractivity contribution < 1.29 is 18.1 Å². The lowest BCUT2D eigenvalue weighted by molar-refractivity contribution is -0.116. The first-order chi connectivity index (χ1) is 18.9. The van der Waals surface area contributed by atoms with Gasteiger partial charge in [0.25, 0.3) is 11.5 Å². The van der Waals surface area contributed by atoms with E-state index in [1.54, 1.807) is 31.2 Å². The minimum absolute atomic E-state index is 0.0536. The third-order valence-corrected chi connectivity index (χ3v) is 6.28. The fourth-order valence-electron chi connectivity index (χ4n) is 4.36. The number of pyridine rings is 2. The molecule has 206 valence electrons. The first-order valence-electron chi connectivity index (χ1n) is 12.1. The van der Waals surface area contributed by atoms with Crippen molar-refractivity contribution in [3.63, 3.8) is 0 Å². The van der Waals surface area contributed by atoms with E-state index in [1.807, 2.05) is 0 Å². The lowest BCUT2D eigenvalue weighted by Gasteiger charge is -2.14. The third kappa shape index (κ3) is 5.02. The molecule has 12 nitrogen and oxygen atoms in total. The number of hydrogen-bond donors (Lipinski definition) is 1. The number of amides is 1. The van der Waals surface area contributed by atoms with E-state index in [2.05, 4.69) is 25.4 Å². The highest BCUT2D eigenvalue weighted by molar-refractivity contribution is 5.90. The van der Waals surface area contributed by atoms with Crippen molar-refractivity contribution in [1.29, 1.82) is 0 Å². The molecule has 14 heteroatoms. The zero-order valence-electron chi connectivity index (χ0n) is 22.0. The van der Waals surface area contributed by atoms with E-state index in [0.717, 1.165) is 11.5 Å².